The van der Waals surface area contributed by atoms with Crippen LogP contribution in [-0.2, 0) is 0 Å². The van der Waals surface area contributed by atoms with E-state index in [2.05, 4.69) is 48.3 Å². The molecule has 0 aliphatic rings. The van der Waals surface area contributed by atoms with Crippen LogP contribution in [0.3, 0.4) is 0 Å². The van der Waals surface area contributed by atoms with Crippen molar-refractivity contribution in [3.05, 3.63) is 6.07 Å². The summed E-state index contributed by atoms with van der Waals surface area (Å²) in [7, 11) is 1.81. The maximum atomic E-state index is 5.63. The van der Waals surface area contributed by atoms with E-state index in [1.165, 1.54) is 0 Å². The highest BCUT2D eigenvalue weighted by Gasteiger charge is 2.22. The van der Waals surface area contributed by atoms with Crippen LogP contribution in [0.25, 0.3) is 0 Å². The van der Waals surface area contributed by atoms with Crippen molar-refractivity contribution < 1.29 is 0 Å². The minimum absolute atomic E-state index is 0.208. The van der Waals surface area contributed by atoms with E-state index in [9.17, 15) is 0 Å². The highest BCUT2D eigenvalue weighted by molar-refractivity contribution is 5.50. The Bertz CT molecular complexity index is 373. The molecule has 1 aromatic heterocycles. The van der Waals surface area contributed by atoms with Gasteiger partial charge in [-0.15, -0.1) is 0 Å². The minimum atomic E-state index is 0.208. The smallest absolute Gasteiger partial charge is 0.223 e. The van der Waals surface area contributed by atoms with Crippen LogP contribution in [-0.4, -0.2) is 23.6 Å². The van der Waals surface area contributed by atoms with Crippen molar-refractivity contribution in [2.45, 2.75) is 27.7 Å². The fourth-order valence-electron chi connectivity index (χ4n) is 1.21. The number of aromatic nitrogens is 2. The van der Waals surface area contributed by atoms with Gasteiger partial charge in [-0.25, -0.2) is 0 Å². The van der Waals surface area contributed by atoms with Crippen LogP contribution in [0.5, 0.6) is 0 Å². The van der Waals surface area contributed by atoms with Crippen molar-refractivity contribution in [2.24, 2.45) is 11.3 Å². The molecule has 0 bridgehead atoms. The Kier molecular flexibility index (Phi) is 4.15. The first kappa shape index (κ1) is 13.5. The Balaban J connectivity index is 2.72. The Morgan fingerprint density at radius 2 is 1.88 bits per heavy atom. The summed E-state index contributed by atoms with van der Waals surface area (Å²) in [5.74, 6) is 2.36. The zero-order valence-electron chi connectivity index (χ0n) is 11.3. The molecule has 1 aromatic rings. The molecule has 0 aromatic carbocycles. The van der Waals surface area contributed by atoms with E-state index in [4.69, 9.17) is 5.73 Å². The summed E-state index contributed by atoms with van der Waals surface area (Å²) < 4.78 is 0. The van der Waals surface area contributed by atoms with Crippen LogP contribution >= 0.6 is 0 Å². The van der Waals surface area contributed by atoms with Crippen molar-refractivity contribution in [1.29, 1.82) is 0 Å². The molecule has 1 rings (SSSR count). The van der Waals surface area contributed by atoms with Crippen molar-refractivity contribution in [3.63, 3.8) is 0 Å². The van der Waals surface area contributed by atoms with E-state index in [-0.39, 0.29) is 11.4 Å². The van der Waals surface area contributed by atoms with Gasteiger partial charge < -0.3 is 16.4 Å². The maximum absolute atomic E-state index is 5.63. The van der Waals surface area contributed by atoms with Gasteiger partial charge >= 0.3 is 0 Å². The first-order chi connectivity index (χ1) is 7.85. The largest absolute Gasteiger partial charge is 0.373 e. The first-order valence-corrected chi connectivity index (χ1v) is 5.91. The molecule has 1 heterocycles. The molecule has 5 heteroatoms. The van der Waals surface area contributed by atoms with Gasteiger partial charge in [0.25, 0.3) is 0 Å². The summed E-state index contributed by atoms with van der Waals surface area (Å²) in [5.41, 5.74) is 5.84. The van der Waals surface area contributed by atoms with E-state index in [0.717, 1.165) is 18.2 Å². The van der Waals surface area contributed by atoms with Gasteiger partial charge in [-0.2, -0.15) is 9.97 Å². The molecule has 0 radical (unpaired) electrons. The molecule has 0 aliphatic carbocycles. The van der Waals surface area contributed by atoms with Crippen molar-refractivity contribution in [3.8, 4) is 0 Å². The second-order valence-electron chi connectivity index (χ2n) is 5.24. The number of nitrogens with two attached hydrogens (primary N) is 1. The lowest BCUT2D eigenvalue weighted by Gasteiger charge is -2.29. The van der Waals surface area contributed by atoms with Crippen molar-refractivity contribution in [2.75, 3.05) is 30.0 Å². The van der Waals surface area contributed by atoms with E-state index < -0.39 is 0 Å². The van der Waals surface area contributed by atoms with E-state index in [0.29, 0.717) is 5.92 Å². The Morgan fingerprint density at radius 3 is 2.41 bits per heavy atom. The fraction of sp³-hybridized carbons (Fsp3) is 0.667. The molecular weight excluding hydrogens is 214 g/mol. The van der Waals surface area contributed by atoms with Crippen LogP contribution in [0.1, 0.15) is 27.7 Å². The second kappa shape index (κ2) is 5.21. The number of nitrogens with one attached hydrogen (secondary N) is 2. The topological polar surface area (TPSA) is 75.9 Å². The van der Waals surface area contributed by atoms with Crippen molar-refractivity contribution in [1.82, 2.24) is 9.97 Å². The molecule has 0 amide bonds. The van der Waals surface area contributed by atoms with Gasteiger partial charge in [-0.3, -0.25) is 0 Å². The van der Waals surface area contributed by atoms with Gasteiger partial charge in [-0.1, -0.05) is 27.7 Å². The monoisotopic (exact) mass is 237 g/mol. The molecule has 0 atom stereocenters. The van der Waals surface area contributed by atoms with E-state index >= 15 is 0 Å². The minimum Gasteiger partial charge on any atom is -0.373 e. The van der Waals surface area contributed by atoms with Gasteiger partial charge in [0.2, 0.25) is 5.95 Å². The molecule has 0 unspecified atom stereocenters. The highest BCUT2D eigenvalue weighted by Crippen LogP contribution is 2.26. The van der Waals surface area contributed by atoms with Crippen LogP contribution in [0.15, 0.2) is 6.07 Å². The predicted molar refractivity (Wildman–Crippen MR) is 73.1 cm³/mol. The molecule has 0 saturated heterocycles. The SMILES string of the molecule is CNc1cc(NCC(C)(C)C(C)C)nc(N)n1. The normalized spacial score (nSPS) is 11.6. The molecule has 0 aliphatic heterocycles. The van der Waals surface area contributed by atoms with Gasteiger partial charge in [-0.05, 0) is 11.3 Å². The van der Waals surface area contributed by atoms with Crippen LogP contribution < -0.4 is 16.4 Å². The number of anilines is 3. The maximum Gasteiger partial charge on any atom is 0.223 e. The lowest BCUT2D eigenvalue weighted by Crippen LogP contribution is -2.28. The molecule has 4 N–H and O–H groups in total. The standard InChI is InChI=1S/C12H23N5/c1-8(2)12(3,4)7-15-10-6-9(14-5)16-11(13)17-10/h6,8H,7H2,1-5H3,(H4,13,14,15,16,17). The number of nitrogen functional groups attached to an aromatic ring is 1. The predicted octanol–water partition coefficient (Wildman–Crippen LogP) is 2.19. The molecule has 0 spiro atoms. The van der Waals surface area contributed by atoms with Crippen LogP contribution in [0, 0.1) is 11.3 Å². The average molecular weight is 237 g/mol. The molecule has 0 saturated carbocycles. The summed E-state index contributed by atoms with van der Waals surface area (Å²) in [6, 6.07) is 1.85. The van der Waals surface area contributed by atoms with Crippen LogP contribution in [0.4, 0.5) is 17.6 Å². The third kappa shape index (κ3) is 3.76. The van der Waals surface area contributed by atoms with Gasteiger partial charge in [0, 0.05) is 19.7 Å². The first-order valence-electron chi connectivity index (χ1n) is 5.91. The van der Waals surface area contributed by atoms with Crippen molar-refractivity contribution >= 4 is 17.6 Å². The number of rotatable bonds is 5. The number of hydrogen-bond donors (Lipinski definition) is 3. The van der Waals surface area contributed by atoms with Crippen LogP contribution in [0.2, 0.25) is 0 Å². The van der Waals surface area contributed by atoms with Gasteiger partial charge in [0.15, 0.2) is 0 Å². The lowest BCUT2D eigenvalue weighted by molar-refractivity contribution is 0.269. The van der Waals surface area contributed by atoms with E-state index in [1.54, 1.807) is 0 Å². The average Bonchev–Trinajstić information content (AvgIpc) is 2.25. The summed E-state index contributed by atoms with van der Waals surface area (Å²) in [6.45, 7) is 9.75. The molecule has 0 fully saturated rings. The molecule has 96 valence electrons. The highest BCUT2D eigenvalue weighted by atomic mass is 15.1. The third-order valence-electron chi connectivity index (χ3n) is 3.29. The van der Waals surface area contributed by atoms with Gasteiger partial charge in [0.1, 0.15) is 11.6 Å². The zero-order chi connectivity index (χ0) is 13.1. The Morgan fingerprint density at radius 1 is 1.29 bits per heavy atom. The molecule has 5 nitrogen and oxygen atoms in total. The second-order valence-corrected chi connectivity index (χ2v) is 5.24. The Hall–Kier alpha value is -1.52. The summed E-state index contributed by atoms with van der Waals surface area (Å²) in [4.78, 5) is 8.21. The summed E-state index contributed by atoms with van der Waals surface area (Å²) in [6.07, 6.45) is 0. The quantitative estimate of drug-likeness (QED) is 0.732. The van der Waals surface area contributed by atoms with Gasteiger partial charge in [0.05, 0.1) is 0 Å². The fourth-order valence-corrected chi connectivity index (χ4v) is 1.21. The zero-order valence-corrected chi connectivity index (χ0v) is 11.3. The lowest BCUT2D eigenvalue weighted by atomic mass is 9.81. The summed E-state index contributed by atoms with van der Waals surface area (Å²) >= 11 is 0. The molecular formula is C12H23N5. The third-order valence-corrected chi connectivity index (χ3v) is 3.29. The Labute approximate surface area is 103 Å². The molecule has 17 heavy (non-hydrogen) atoms. The summed E-state index contributed by atoms with van der Waals surface area (Å²) in [5, 5.41) is 6.27. The number of hydrogen-bond acceptors (Lipinski definition) is 5. The number of nitrogens with zero attached hydrogens (tertiary/aromatic N) is 2. The van der Waals surface area contributed by atoms with E-state index in [1.807, 2.05) is 13.1 Å².